The van der Waals surface area contributed by atoms with Crippen LogP contribution in [0.1, 0.15) is 185 Å². The predicted molar refractivity (Wildman–Crippen MR) is 333 cm³/mol. The summed E-state index contributed by atoms with van der Waals surface area (Å²) in [4.78, 5) is 97.4. The van der Waals surface area contributed by atoms with Gasteiger partial charge in [-0.05, 0) is 60.1 Å². The first-order chi connectivity index (χ1) is 41.8. The van der Waals surface area contributed by atoms with Crippen LogP contribution in [0.4, 0.5) is 5.69 Å². The van der Waals surface area contributed by atoms with Crippen molar-refractivity contribution in [2.75, 3.05) is 13.7 Å². The molecule has 10 atom stereocenters. The number of methoxy groups -OCH3 is 1. The van der Waals surface area contributed by atoms with Crippen LogP contribution in [0, 0.1) is 16.0 Å². The Morgan fingerprint density at radius 3 is 1.92 bits per heavy atom. The lowest BCUT2D eigenvalue weighted by atomic mass is 9.95. The topological polar surface area (TPSA) is 350 Å². The second kappa shape index (κ2) is 38.7. The fourth-order valence-corrected chi connectivity index (χ4v) is 10.9. The molecule has 0 radical (unpaired) electrons. The monoisotopic (exact) mass is 1250 g/mol. The Kier molecular flexibility index (Phi) is 32.5. The molecule has 1 fully saturated rings. The Hall–Kier alpha value is -6.63. The molecule has 5 amide bonds. The number of carboxylic acid groups (broad SMARTS) is 1. The number of hydrogen-bond acceptors (Lipinski definition) is 16. The third-order valence-corrected chi connectivity index (χ3v) is 15.8. The van der Waals surface area contributed by atoms with E-state index in [1.54, 1.807) is 30.3 Å². The molecule has 0 aliphatic carbocycles. The maximum atomic E-state index is 15.3. The molecule has 0 unspecified atom stereocenters. The molecule has 3 aromatic carbocycles. The summed E-state index contributed by atoms with van der Waals surface area (Å²) in [5, 5.41) is 70.9. The van der Waals surface area contributed by atoms with Crippen LogP contribution < -0.4 is 46.5 Å². The van der Waals surface area contributed by atoms with E-state index in [4.69, 9.17) is 24.7 Å². The number of aliphatic hydroxyl groups excluding tert-OH is 3. The molecular weight excluding hydrogens is 1160 g/mol. The van der Waals surface area contributed by atoms with Gasteiger partial charge in [0.15, 0.2) is 17.5 Å². The number of carbonyl (C=O) groups excluding carboxylic acids is 5. The highest BCUT2D eigenvalue weighted by Gasteiger charge is 2.47. The number of unbranched alkanes of at least 4 members (excludes halogenated alkanes) is 16. The number of aliphatic carboxylic acids is 1. The molecule has 0 spiro atoms. The van der Waals surface area contributed by atoms with Crippen LogP contribution in [-0.4, -0.2) is 129 Å². The number of ether oxygens (including phenoxy) is 4. The van der Waals surface area contributed by atoms with Crippen molar-refractivity contribution in [3.05, 3.63) is 87.5 Å². The molecule has 24 heteroatoms. The van der Waals surface area contributed by atoms with Gasteiger partial charge in [0.1, 0.15) is 36.4 Å². The summed E-state index contributed by atoms with van der Waals surface area (Å²) in [5.74, 6) is -6.89. The summed E-state index contributed by atoms with van der Waals surface area (Å²) in [7, 11) is 1.20. The van der Waals surface area contributed by atoms with Crippen molar-refractivity contribution in [1.82, 2.24) is 26.6 Å². The fraction of sp³-hybridized carbons (Fsp3) is 0.625. The Morgan fingerprint density at radius 1 is 0.773 bits per heavy atom. The number of amides is 5. The number of carboxylic acids is 1. The second-order valence-corrected chi connectivity index (χ2v) is 23.4. The van der Waals surface area contributed by atoms with Crippen LogP contribution >= 0.6 is 12.4 Å². The Labute approximate surface area is 523 Å². The maximum Gasteiger partial charge on any atom is 0.328 e. The number of benzene rings is 3. The van der Waals surface area contributed by atoms with Crippen molar-refractivity contribution in [2.45, 2.75) is 236 Å². The van der Waals surface area contributed by atoms with E-state index in [0.717, 1.165) is 89.5 Å². The average molecular weight is 1250 g/mol. The molecule has 6 rings (SSSR count). The first-order valence-electron chi connectivity index (χ1n) is 31.3. The average Bonchev–Trinajstić information content (AvgIpc) is 1.60. The van der Waals surface area contributed by atoms with Gasteiger partial charge in [0.05, 0.1) is 30.7 Å². The lowest BCUT2D eigenvalue weighted by Crippen LogP contribution is -2.65. The van der Waals surface area contributed by atoms with E-state index in [0.29, 0.717) is 24.8 Å². The smallest absolute Gasteiger partial charge is 0.328 e. The first kappa shape index (κ1) is 73.8. The van der Waals surface area contributed by atoms with Gasteiger partial charge in [-0.3, -0.25) is 34.1 Å². The van der Waals surface area contributed by atoms with Gasteiger partial charge in [0.25, 0.3) is 0 Å². The normalized spacial score (nSPS) is 20.9. The summed E-state index contributed by atoms with van der Waals surface area (Å²) in [6, 6.07) is 5.35. The molecule has 3 aromatic rings. The highest BCUT2D eigenvalue weighted by molar-refractivity contribution is 5.94. The quantitative estimate of drug-likeness (QED) is 0.0152. The van der Waals surface area contributed by atoms with Crippen molar-refractivity contribution in [1.29, 1.82) is 0 Å². The van der Waals surface area contributed by atoms with Crippen LogP contribution in [-0.2, 0) is 46.3 Å². The van der Waals surface area contributed by atoms with Gasteiger partial charge in [-0.25, -0.2) is 4.79 Å². The standard InChI is InChI=1S/C64H95N7O16.ClH/c1-6-8-10-12-14-16-18-20-25-29-52(73)68-55(63(80)81)54-43-37-49(59(84-5)50(38-43)86-64-56(58(76)57(75)51(39-72)87-64)69-53(74)30-26-21-19-17-15-13-11-9-7-2)85-48-32-31-42(36-47(48)71(82)83)35-46(66-60(77)44(65)33-40(3)4)61(78)67-45(62(79)70-54)34-41-27-23-22-24-28-41;/h22-24,27-28,31-32,36-38,40,44-46,51,54-58,64,72,75-76H,6-21,25-26,29-30,33-35,39,65H2,1-5H3,(H,66,77)(H,67,78)(H,68,73)(H,69,74)(H,70,79)(H,80,81);1H/t44-,45+,46-,51-,54-,55+,56-,57-,58-,64-;/m1./s1. The number of nitrogens with two attached hydrogens (primary N) is 1. The summed E-state index contributed by atoms with van der Waals surface area (Å²) in [6.45, 7) is 7.20. The van der Waals surface area contributed by atoms with E-state index in [9.17, 15) is 54.5 Å². The molecule has 0 saturated carbocycles. The van der Waals surface area contributed by atoms with E-state index in [-0.39, 0.29) is 78.8 Å². The zero-order valence-electron chi connectivity index (χ0n) is 51.7. The third kappa shape index (κ3) is 23.4. The van der Waals surface area contributed by atoms with Crippen LogP contribution in [0.3, 0.4) is 0 Å². The highest BCUT2D eigenvalue weighted by atomic mass is 35.5. The highest BCUT2D eigenvalue weighted by Crippen LogP contribution is 2.46. The molecule has 88 heavy (non-hydrogen) atoms. The minimum atomic E-state index is -2.00. The van der Waals surface area contributed by atoms with Crippen LogP contribution in [0.2, 0.25) is 0 Å². The molecule has 11 N–H and O–H groups in total. The molecular formula is C64H96ClN7O16. The SMILES string of the molecule is CCCCCCCCCCCC(=O)N[C@H]1[C@H](Oc2cc3cc(c2OC)Oc2ccc(cc2[N+](=O)[O-])C[C@@H](NC(=O)[C@H](N)CC(C)C)C(=O)N[C@@H](Cc2ccccc2)C(=O)N[C@H]3[C@H](NC(=O)CCCCCCCCCCC)C(=O)O)O[C@H](CO)[C@@H](O)[C@@H]1O.Cl. The van der Waals surface area contributed by atoms with E-state index < -0.39 is 119 Å². The lowest BCUT2D eigenvalue weighted by Gasteiger charge is -2.42. The van der Waals surface area contributed by atoms with E-state index >= 15 is 4.79 Å². The molecule has 3 aliphatic rings. The molecule has 1 saturated heterocycles. The minimum absolute atomic E-state index is 0. The van der Waals surface area contributed by atoms with Crippen molar-refractivity contribution in [2.24, 2.45) is 11.7 Å². The summed E-state index contributed by atoms with van der Waals surface area (Å²) < 4.78 is 24.8. The van der Waals surface area contributed by atoms with Crippen molar-refractivity contribution in [3.8, 4) is 23.0 Å². The van der Waals surface area contributed by atoms with Gasteiger partial charge >= 0.3 is 11.7 Å². The number of nitro benzene ring substituents is 1. The molecule has 4 bridgehead atoms. The number of fused-ring (bicyclic) bond motifs is 9. The zero-order chi connectivity index (χ0) is 63.4. The maximum absolute atomic E-state index is 15.3. The van der Waals surface area contributed by atoms with Crippen LogP contribution in [0.15, 0.2) is 60.7 Å². The van der Waals surface area contributed by atoms with Gasteiger partial charge in [0.2, 0.25) is 47.3 Å². The van der Waals surface area contributed by atoms with Gasteiger partial charge in [-0.1, -0.05) is 167 Å². The lowest BCUT2D eigenvalue weighted by molar-refractivity contribution is -0.385. The first-order valence-corrected chi connectivity index (χ1v) is 31.3. The fourth-order valence-electron chi connectivity index (χ4n) is 10.9. The zero-order valence-corrected chi connectivity index (χ0v) is 52.5. The van der Waals surface area contributed by atoms with Gasteiger partial charge in [-0.15, -0.1) is 12.4 Å². The molecule has 490 valence electrons. The number of nitro groups is 1. The minimum Gasteiger partial charge on any atom is -0.490 e. The number of hydrogen-bond donors (Lipinski definition) is 10. The van der Waals surface area contributed by atoms with E-state index in [2.05, 4.69) is 40.4 Å². The Balaban J connectivity index is 0.0000166. The number of halogens is 1. The van der Waals surface area contributed by atoms with Crippen LogP contribution in [0.5, 0.6) is 23.0 Å². The number of rotatable bonds is 35. The largest absolute Gasteiger partial charge is 0.490 e. The van der Waals surface area contributed by atoms with E-state index in [1.165, 1.54) is 44.2 Å². The number of carbonyl (C=O) groups is 6. The molecule has 3 heterocycles. The molecule has 0 aromatic heterocycles. The molecule has 3 aliphatic heterocycles. The number of nitrogens with one attached hydrogen (secondary N) is 5. The summed E-state index contributed by atoms with van der Waals surface area (Å²) >= 11 is 0. The van der Waals surface area contributed by atoms with E-state index in [1.807, 2.05) is 13.8 Å². The van der Waals surface area contributed by atoms with Crippen LogP contribution in [0.25, 0.3) is 0 Å². The third-order valence-electron chi connectivity index (χ3n) is 15.8. The number of aliphatic hydroxyl groups is 3. The Morgan fingerprint density at radius 2 is 1.36 bits per heavy atom. The van der Waals surface area contributed by atoms with Gasteiger partial charge in [0, 0.05) is 31.7 Å². The van der Waals surface area contributed by atoms with Gasteiger partial charge < -0.3 is 71.7 Å². The van der Waals surface area contributed by atoms with Crippen molar-refractivity contribution < 1.29 is 73.1 Å². The number of nitrogens with zero attached hydrogens (tertiary/aromatic N) is 1. The van der Waals surface area contributed by atoms with Crippen molar-refractivity contribution >= 4 is 53.6 Å². The summed E-state index contributed by atoms with van der Waals surface area (Å²) in [5.41, 5.74) is 6.18. The predicted octanol–water partition coefficient (Wildman–Crippen LogP) is 7.83. The van der Waals surface area contributed by atoms with Gasteiger partial charge in [-0.2, -0.15) is 0 Å². The second-order valence-electron chi connectivity index (χ2n) is 23.4. The van der Waals surface area contributed by atoms with Crippen molar-refractivity contribution in [3.63, 3.8) is 0 Å². The Bertz CT molecular complexity index is 2690. The summed E-state index contributed by atoms with van der Waals surface area (Å²) in [6.07, 6.45) is 10.3. The molecule has 23 nitrogen and oxygen atoms in total.